The van der Waals surface area contributed by atoms with E-state index in [0.29, 0.717) is 11.0 Å². The number of rotatable bonds is 6. The summed E-state index contributed by atoms with van der Waals surface area (Å²) in [5, 5.41) is 10.8. The number of para-hydroxylation sites is 1. The van der Waals surface area contributed by atoms with E-state index >= 15 is 0 Å². The summed E-state index contributed by atoms with van der Waals surface area (Å²) in [7, 11) is 0. The molecule has 6 rings (SSSR count). The van der Waals surface area contributed by atoms with Crippen molar-refractivity contribution in [2.45, 2.75) is 0 Å². The maximum atomic E-state index is 6.28. The van der Waals surface area contributed by atoms with E-state index in [0.717, 1.165) is 44.7 Å². The van der Waals surface area contributed by atoms with Gasteiger partial charge in [0.05, 0.1) is 23.1 Å². The van der Waals surface area contributed by atoms with E-state index < -0.39 is 0 Å². The topological polar surface area (TPSA) is 68.0 Å². The molecule has 0 bridgehead atoms. The van der Waals surface area contributed by atoms with Crippen molar-refractivity contribution in [3.63, 3.8) is 0 Å². The Balaban J connectivity index is 1.37. The van der Waals surface area contributed by atoms with Crippen LogP contribution >= 0.6 is 11.6 Å². The first-order valence-electron chi connectivity index (χ1n) is 11.8. The maximum absolute atomic E-state index is 6.28. The van der Waals surface area contributed by atoms with E-state index in [9.17, 15) is 0 Å². The lowest BCUT2D eigenvalue weighted by atomic mass is 10.1. The predicted octanol–water partition coefficient (Wildman–Crippen LogP) is 7.25. The first-order chi connectivity index (χ1) is 18.2. The Morgan fingerprint density at radius 2 is 1.38 bits per heavy atom. The van der Waals surface area contributed by atoms with Crippen LogP contribution in [-0.4, -0.2) is 26.0 Å². The van der Waals surface area contributed by atoms with Crippen molar-refractivity contribution in [3.05, 3.63) is 126 Å². The molecule has 0 aliphatic heterocycles. The fourth-order valence-corrected chi connectivity index (χ4v) is 4.31. The summed E-state index contributed by atoms with van der Waals surface area (Å²) in [5.74, 6) is 0.390. The summed E-state index contributed by atoms with van der Waals surface area (Å²) in [4.78, 5) is 9.41. The van der Waals surface area contributed by atoms with Gasteiger partial charge in [-0.15, -0.1) is 0 Å². The van der Waals surface area contributed by atoms with Gasteiger partial charge in [-0.05, 0) is 30.3 Å². The molecule has 0 radical (unpaired) electrons. The van der Waals surface area contributed by atoms with Crippen LogP contribution in [0, 0.1) is 0 Å². The van der Waals surface area contributed by atoms with Crippen molar-refractivity contribution in [1.82, 2.24) is 19.7 Å². The molecule has 0 saturated carbocycles. The second-order valence-corrected chi connectivity index (χ2v) is 8.81. The van der Waals surface area contributed by atoms with Crippen LogP contribution in [0.15, 0.2) is 120 Å². The fourth-order valence-electron chi connectivity index (χ4n) is 4.14. The van der Waals surface area contributed by atoms with Gasteiger partial charge in [0.15, 0.2) is 0 Å². The van der Waals surface area contributed by atoms with E-state index in [4.69, 9.17) is 21.7 Å². The minimum Gasteiger partial charge on any atom is -0.245 e. The molecule has 0 saturated heterocycles. The highest BCUT2D eigenvalue weighted by Crippen LogP contribution is 2.29. The molecule has 1 N–H and O–H groups in total. The Morgan fingerprint density at radius 1 is 0.730 bits per heavy atom. The average Bonchev–Trinajstić information content (AvgIpc) is 3.38. The van der Waals surface area contributed by atoms with Crippen molar-refractivity contribution >= 4 is 34.7 Å². The normalized spacial score (nSPS) is 11.3. The Morgan fingerprint density at radius 3 is 2.08 bits per heavy atom. The Bertz CT molecular complexity index is 1700. The highest BCUT2D eigenvalue weighted by Gasteiger charge is 2.12. The van der Waals surface area contributed by atoms with Gasteiger partial charge >= 0.3 is 0 Å². The molecule has 6 nitrogen and oxygen atoms in total. The molecule has 7 heteroatoms. The minimum absolute atomic E-state index is 0.390. The Labute approximate surface area is 218 Å². The van der Waals surface area contributed by atoms with Crippen LogP contribution < -0.4 is 5.43 Å². The molecule has 0 amide bonds. The van der Waals surface area contributed by atoms with Gasteiger partial charge in [0.25, 0.3) is 0 Å². The van der Waals surface area contributed by atoms with Crippen LogP contribution in [0.2, 0.25) is 5.02 Å². The minimum atomic E-state index is 0.390. The molecule has 178 valence electrons. The molecule has 0 unspecified atom stereocenters. The van der Waals surface area contributed by atoms with Crippen LogP contribution in [0.5, 0.6) is 0 Å². The number of nitrogens with one attached hydrogen (secondary N) is 1. The fraction of sp³-hybridized carbons (Fsp3) is 0. The third kappa shape index (κ3) is 4.83. The first kappa shape index (κ1) is 22.6. The molecule has 2 heterocycles. The van der Waals surface area contributed by atoms with Gasteiger partial charge in [0.2, 0.25) is 5.95 Å². The highest BCUT2D eigenvalue weighted by molar-refractivity contribution is 6.31. The predicted molar refractivity (Wildman–Crippen MR) is 150 cm³/mol. The van der Waals surface area contributed by atoms with Gasteiger partial charge in [0.1, 0.15) is 5.69 Å². The lowest BCUT2D eigenvalue weighted by molar-refractivity contribution is 0.884. The largest absolute Gasteiger partial charge is 0.245 e. The first-order valence-corrected chi connectivity index (χ1v) is 12.1. The monoisotopic (exact) mass is 500 g/mol. The molecule has 6 aromatic rings. The molecule has 0 fully saturated rings. The SMILES string of the molecule is Clc1ccc2nc(N/N=C/c3cn(-c4ccccc4)nc3-c3ccccc3)nc(-c3ccccc3)c2c1. The number of benzene rings is 4. The summed E-state index contributed by atoms with van der Waals surface area (Å²) < 4.78 is 1.85. The average molecular weight is 501 g/mol. The molecule has 0 spiro atoms. The number of hydrogen-bond acceptors (Lipinski definition) is 5. The second-order valence-electron chi connectivity index (χ2n) is 8.37. The van der Waals surface area contributed by atoms with Gasteiger partial charge in [-0.2, -0.15) is 10.2 Å². The number of aromatic nitrogens is 4. The van der Waals surface area contributed by atoms with E-state index in [2.05, 4.69) is 15.5 Å². The van der Waals surface area contributed by atoms with Gasteiger partial charge in [0, 0.05) is 33.3 Å². The van der Waals surface area contributed by atoms with E-state index in [1.165, 1.54) is 0 Å². The van der Waals surface area contributed by atoms with E-state index in [1.807, 2.05) is 120 Å². The summed E-state index contributed by atoms with van der Waals surface area (Å²) in [6.07, 6.45) is 3.70. The lowest BCUT2D eigenvalue weighted by Gasteiger charge is -2.09. The number of anilines is 1. The summed E-state index contributed by atoms with van der Waals surface area (Å²) in [6.45, 7) is 0. The molecule has 2 aromatic heterocycles. The van der Waals surface area contributed by atoms with Crippen LogP contribution in [0.4, 0.5) is 5.95 Å². The Kier molecular flexibility index (Phi) is 6.15. The molecule has 0 aliphatic carbocycles. The van der Waals surface area contributed by atoms with Gasteiger partial charge in [-0.3, -0.25) is 0 Å². The number of halogens is 1. The van der Waals surface area contributed by atoms with E-state index in [-0.39, 0.29) is 0 Å². The summed E-state index contributed by atoms with van der Waals surface area (Å²) in [5.41, 5.74) is 9.21. The maximum Gasteiger partial charge on any atom is 0.244 e. The van der Waals surface area contributed by atoms with Crippen LogP contribution in [-0.2, 0) is 0 Å². The smallest absolute Gasteiger partial charge is 0.244 e. The van der Waals surface area contributed by atoms with Crippen LogP contribution in [0.3, 0.4) is 0 Å². The Hall–Kier alpha value is -4.81. The molecule has 37 heavy (non-hydrogen) atoms. The highest BCUT2D eigenvalue weighted by atomic mass is 35.5. The van der Waals surface area contributed by atoms with Gasteiger partial charge in [-0.25, -0.2) is 20.1 Å². The van der Waals surface area contributed by atoms with E-state index in [1.54, 1.807) is 6.21 Å². The van der Waals surface area contributed by atoms with Crippen LogP contribution in [0.25, 0.3) is 39.1 Å². The molecule has 0 atom stereocenters. The zero-order valence-corrected chi connectivity index (χ0v) is 20.4. The van der Waals surface area contributed by atoms with Crippen molar-refractivity contribution in [3.8, 4) is 28.2 Å². The summed E-state index contributed by atoms with van der Waals surface area (Å²) >= 11 is 6.28. The molecule has 0 aliphatic rings. The van der Waals surface area contributed by atoms with Crippen molar-refractivity contribution in [2.75, 3.05) is 5.43 Å². The summed E-state index contributed by atoms with van der Waals surface area (Å²) in [6, 6.07) is 35.6. The second kappa shape index (κ2) is 10.0. The number of hydrazone groups is 1. The quantitative estimate of drug-likeness (QED) is 0.193. The number of fused-ring (bicyclic) bond motifs is 1. The standard InChI is InChI=1S/C30H21ClN6/c31-24-16-17-27-26(18-24)29(22-12-6-2-7-13-22)34-30(33-27)35-32-19-23-20-37(25-14-8-3-9-15-25)36-28(23)21-10-4-1-5-11-21/h1-20H,(H,33,34,35)/b32-19+. The zero-order chi connectivity index (χ0) is 25.0. The van der Waals surface area contributed by atoms with Gasteiger partial charge < -0.3 is 0 Å². The zero-order valence-electron chi connectivity index (χ0n) is 19.7. The third-order valence-electron chi connectivity index (χ3n) is 5.88. The number of nitrogens with zero attached hydrogens (tertiary/aromatic N) is 5. The number of hydrogen-bond donors (Lipinski definition) is 1. The van der Waals surface area contributed by atoms with Crippen molar-refractivity contribution in [2.24, 2.45) is 5.10 Å². The van der Waals surface area contributed by atoms with Gasteiger partial charge in [-0.1, -0.05) is 90.5 Å². The van der Waals surface area contributed by atoms with Crippen molar-refractivity contribution < 1.29 is 0 Å². The van der Waals surface area contributed by atoms with Crippen LogP contribution in [0.1, 0.15) is 5.56 Å². The molecular weight excluding hydrogens is 480 g/mol. The van der Waals surface area contributed by atoms with Crippen molar-refractivity contribution in [1.29, 1.82) is 0 Å². The third-order valence-corrected chi connectivity index (χ3v) is 6.12. The molecule has 4 aromatic carbocycles. The lowest BCUT2D eigenvalue weighted by Crippen LogP contribution is -2.00. The molecular formula is C30H21ClN6.